The molecule has 0 heteroatoms. The largest absolute Gasteiger partial charge is 0.0811 e. The van der Waals surface area contributed by atoms with Crippen molar-refractivity contribution < 1.29 is 0 Å². The summed E-state index contributed by atoms with van der Waals surface area (Å²) in [6, 6.07) is 0. The van der Waals surface area contributed by atoms with E-state index in [2.05, 4.69) is 45.9 Å². The molecule has 0 amide bonds. The van der Waals surface area contributed by atoms with Gasteiger partial charge in [-0.15, -0.1) is 0 Å². The van der Waals surface area contributed by atoms with Crippen LogP contribution in [0, 0.1) is 57.7 Å². The molecule has 6 aliphatic carbocycles. The third-order valence-corrected chi connectivity index (χ3v) is 12.2. The maximum Gasteiger partial charge on any atom is -0.0168 e. The van der Waals surface area contributed by atoms with Crippen molar-refractivity contribution in [3.05, 3.63) is 23.8 Å². The summed E-state index contributed by atoms with van der Waals surface area (Å²) in [5.74, 6) is 6.94. The van der Waals surface area contributed by atoms with Crippen molar-refractivity contribution in [2.45, 2.75) is 119 Å². The summed E-state index contributed by atoms with van der Waals surface area (Å²) < 4.78 is 0. The van der Waals surface area contributed by atoms with E-state index in [1.54, 1.807) is 63.4 Å². The first-order valence-corrected chi connectivity index (χ1v) is 14.8. The fourth-order valence-electron chi connectivity index (χ4n) is 11.0. The number of allylic oxidation sites excluding steroid dienone is 4. The van der Waals surface area contributed by atoms with Gasteiger partial charge in [-0.25, -0.2) is 0 Å². The number of fused-ring (bicyclic) bond motifs is 1. The minimum absolute atomic E-state index is 0.664. The molecule has 0 radical (unpaired) electrons. The van der Waals surface area contributed by atoms with E-state index in [9.17, 15) is 0 Å². The van der Waals surface area contributed by atoms with Crippen molar-refractivity contribution in [1.82, 2.24) is 0 Å². The molecule has 0 aromatic heterocycles. The number of rotatable bonds is 4. The lowest BCUT2D eigenvalue weighted by atomic mass is 9.58. The Morgan fingerprint density at radius 1 is 0.938 bits per heavy atom. The van der Waals surface area contributed by atoms with Crippen LogP contribution >= 0.6 is 0 Å². The monoisotopic (exact) mass is 436 g/mol. The minimum atomic E-state index is 0.664. The van der Waals surface area contributed by atoms with Gasteiger partial charge in [0, 0.05) is 0 Å². The van der Waals surface area contributed by atoms with E-state index in [0.29, 0.717) is 5.41 Å². The first-order valence-electron chi connectivity index (χ1n) is 14.8. The van der Waals surface area contributed by atoms with Gasteiger partial charge in [0.2, 0.25) is 0 Å². The maximum atomic E-state index is 2.78. The molecule has 5 saturated carbocycles. The molecule has 0 bridgehead atoms. The molecule has 10 unspecified atom stereocenters. The Hall–Kier alpha value is -0.520. The van der Waals surface area contributed by atoms with Crippen LogP contribution in [0.2, 0.25) is 0 Å². The predicted octanol–water partition coefficient (Wildman–Crippen LogP) is 9.61. The van der Waals surface area contributed by atoms with E-state index in [4.69, 9.17) is 0 Å². The first-order chi connectivity index (χ1) is 15.4. The highest BCUT2D eigenvalue weighted by molar-refractivity contribution is 5.33. The zero-order valence-electron chi connectivity index (χ0n) is 22.3. The second-order valence-corrected chi connectivity index (χ2v) is 13.5. The van der Waals surface area contributed by atoms with Gasteiger partial charge in [-0.2, -0.15) is 0 Å². The average molecular weight is 437 g/mol. The van der Waals surface area contributed by atoms with E-state index in [0.717, 1.165) is 52.3 Å². The summed E-state index contributed by atoms with van der Waals surface area (Å²) in [7, 11) is 0. The Morgan fingerprint density at radius 3 is 2.47 bits per heavy atom. The van der Waals surface area contributed by atoms with Crippen molar-refractivity contribution >= 4 is 0 Å². The van der Waals surface area contributed by atoms with Crippen LogP contribution in [-0.2, 0) is 0 Å². The van der Waals surface area contributed by atoms with Crippen LogP contribution in [0.1, 0.15) is 119 Å². The molecule has 2 spiro atoms. The van der Waals surface area contributed by atoms with Gasteiger partial charge >= 0.3 is 0 Å². The van der Waals surface area contributed by atoms with Crippen molar-refractivity contribution in [1.29, 1.82) is 0 Å². The lowest BCUT2D eigenvalue weighted by molar-refractivity contribution is 0.0262. The van der Waals surface area contributed by atoms with E-state index < -0.39 is 0 Å². The zero-order valence-corrected chi connectivity index (χ0v) is 22.3. The van der Waals surface area contributed by atoms with Gasteiger partial charge in [0.1, 0.15) is 0 Å². The average Bonchev–Trinajstić information content (AvgIpc) is 2.99. The second kappa shape index (κ2) is 8.30. The molecule has 0 N–H and O–H groups in total. The normalized spacial score (nSPS) is 51.4. The molecular weight excluding hydrogens is 384 g/mol. The Morgan fingerprint density at radius 2 is 1.72 bits per heavy atom. The molecule has 6 rings (SSSR count). The molecular formula is C32H52. The van der Waals surface area contributed by atoms with Crippen molar-refractivity contribution in [3.8, 4) is 0 Å². The topological polar surface area (TPSA) is 0 Å². The molecule has 0 aromatic rings. The molecule has 5 fully saturated rings. The zero-order chi connectivity index (χ0) is 22.7. The van der Waals surface area contributed by atoms with Crippen LogP contribution in [0.15, 0.2) is 23.8 Å². The first kappa shape index (κ1) is 23.2. The summed E-state index contributed by atoms with van der Waals surface area (Å²) in [6.45, 7) is 14.2. The van der Waals surface area contributed by atoms with E-state index in [1.807, 2.05) is 13.8 Å². The quantitative estimate of drug-likeness (QED) is 0.411. The van der Waals surface area contributed by atoms with Gasteiger partial charge in [-0.3, -0.25) is 0 Å². The van der Waals surface area contributed by atoms with Crippen LogP contribution in [0.5, 0.6) is 0 Å². The molecule has 0 saturated heterocycles. The summed E-state index contributed by atoms with van der Waals surface area (Å²) in [5.41, 5.74) is 3.93. The summed E-state index contributed by atoms with van der Waals surface area (Å²) in [6.07, 6.45) is 25.7. The highest BCUT2D eigenvalue weighted by atomic mass is 14.9. The van der Waals surface area contributed by atoms with Crippen LogP contribution in [0.3, 0.4) is 0 Å². The molecule has 32 heavy (non-hydrogen) atoms. The molecule has 0 aromatic carbocycles. The third-order valence-electron chi connectivity index (χ3n) is 12.2. The Bertz CT molecular complexity index is 758. The fourth-order valence-corrected chi connectivity index (χ4v) is 11.0. The molecule has 0 nitrogen and oxygen atoms in total. The second-order valence-electron chi connectivity index (χ2n) is 13.5. The third kappa shape index (κ3) is 3.12. The van der Waals surface area contributed by atoms with Gasteiger partial charge in [0.25, 0.3) is 0 Å². The number of hydrogen-bond acceptors (Lipinski definition) is 0. The summed E-state index contributed by atoms with van der Waals surface area (Å²) >= 11 is 0. The van der Waals surface area contributed by atoms with Gasteiger partial charge in [-0.05, 0) is 128 Å². The summed E-state index contributed by atoms with van der Waals surface area (Å²) in [4.78, 5) is 0. The maximum absolute atomic E-state index is 2.78. The minimum Gasteiger partial charge on any atom is -0.0811 e. The molecule has 180 valence electrons. The van der Waals surface area contributed by atoms with Crippen molar-refractivity contribution in [2.75, 3.05) is 0 Å². The van der Waals surface area contributed by atoms with Crippen LogP contribution in [0.4, 0.5) is 0 Å². The number of hydrogen-bond donors (Lipinski definition) is 0. The lowest BCUT2D eigenvalue weighted by Crippen LogP contribution is -2.39. The van der Waals surface area contributed by atoms with E-state index in [-0.39, 0.29) is 0 Å². The Labute approximate surface area is 200 Å². The molecule has 10 atom stereocenters. The molecule has 6 aliphatic rings. The highest BCUT2D eigenvalue weighted by Gasteiger charge is 2.85. The van der Waals surface area contributed by atoms with E-state index >= 15 is 0 Å². The van der Waals surface area contributed by atoms with Crippen molar-refractivity contribution in [2.24, 2.45) is 57.7 Å². The van der Waals surface area contributed by atoms with E-state index in [1.165, 1.54) is 19.3 Å². The molecule has 0 heterocycles. The predicted molar refractivity (Wildman–Crippen MR) is 138 cm³/mol. The van der Waals surface area contributed by atoms with Gasteiger partial charge in [0.05, 0.1) is 0 Å². The SMILES string of the molecule is CC.CC1C=CC(CC(C)CC2CCC3C2(C)CCC2C45CCC(C)CC4CCC325)=CC1. The standard InChI is InChI=1S/C30H46.C2H6/c1-20-5-7-23(8-6-20)17-22(3)19-24-9-10-26-28(24,4)14-13-27-29-15-11-21(2)18-25(29)12-16-30(26,27)29;1-2/h5,7-8,20-22,24-27H,6,9-19H2,1-4H3;1-2H3. The Kier molecular flexibility index (Phi) is 6.03. The lowest BCUT2D eigenvalue weighted by Gasteiger charge is -2.46. The highest BCUT2D eigenvalue weighted by Crippen LogP contribution is 2.92. The summed E-state index contributed by atoms with van der Waals surface area (Å²) in [5, 5.41) is 0. The van der Waals surface area contributed by atoms with Gasteiger partial charge in [0.15, 0.2) is 0 Å². The van der Waals surface area contributed by atoms with Gasteiger partial charge < -0.3 is 0 Å². The van der Waals surface area contributed by atoms with Crippen molar-refractivity contribution in [3.63, 3.8) is 0 Å². The molecule has 0 aliphatic heterocycles. The Balaban J connectivity index is 0.00000105. The van der Waals surface area contributed by atoms with Gasteiger partial charge in [-0.1, -0.05) is 71.8 Å². The van der Waals surface area contributed by atoms with Crippen LogP contribution < -0.4 is 0 Å². The van der Waals surface area contributed by atoms with Crippen LogP contribution in [0.25, 0.3) is 0 Å². The van der Waals surface area contributed by atoms with Crippen LogP contribution in [-0.4, -0.2) is 0 Å². The fraction of sp³-hybridized carbons (Fsp3) is 0.875. The smallest absolute Gasteiger partial charge is 0.0168 e.